The average Bonchev–Trinajstić information content (AvgIpc) is 3.10. The van der Waals surface area contributed by atoms with Crippen molar-refractivity contribution in [2.45, 2.75) is 41.2 Å². The first kappa shape index (κ1) is 22.1. The fourth-order valence-electron chi connectivity index (χ4n) is 3.59. The Morgan fingerprint density at radius 1 is 1.00 bits per heavy atom. The van der Waals surface area contributed by atoms with Gasteiger partial charge in [0.1, 0.15) is 11.3 Å². The number of furan rings is 1. The minimum absolute atomic E-state index is 0. The topological polar surface area (TPSA) is 68.3 Å². The first-order valence-corrected chi connectivity index (χ1v) is 9.97. The number of halogens is 1. The van der Waals surface area contributed by atoms with E-state index < -0.39 is 0 Å². The van der Waals surface area contributed by atoms with Gasteiger partial charge in [0.25, 0.3) is 0 Å². The van der Waals surface area contributed by atoms with Gasteiger partial charge in [0.05, 0.1) is 5.69 Å². The highest BCUT2D eigenvalue weighted by molar-refractivity contribution is 5.96. The van der Waals surface area contributed by atoms with Gasteiger partial charge >= 0.3 is 5.63 Å². The average molecular weight is 427 g/mol. The van der Waals surface area contributed by atoms with Crippen molar-refractivity contribution in [2.75, 3.05) is 6.54 Å². The van der Waals surface area contributed by atoms with Gasteiger partial charge in [-0.15, -0.1) is 12.4 Å². The first-order chi connectivity index (χ1) is 13.8. The van der Waals surface area contributed by atoms with E-state index in [0.717, 1.165) is 57.4 Å². The number of aromatic nitrogens is 1. The normalized spacial score (nSPS) is 11.4. The van der Waals surface area contributed by atoms with E-state index in [1.165, 1.54) is 6.07 Å². The van der Waals surface area contributed by atoms with Crippen molar-refractivity contribution in [3.8, 4) is 11.3 Å². The summed E-state index contributed by atoms with van der Waals surface area (Å²) in [5.74, 6) is 1.23. The Hall–Kier alpha value is -2.63. The van der Waals surface area contributed by atoms with E-state index in [4.69, 9.17) is 8.83 Å². The molecule has 0 atom stereocenters. The summed E-state index contributed by atoms with van der Waals surface area (Å²) < 4.78 is 11.7. The molecule has 6 heteroatoms. The molecule has 3 aromatic heterocycles. The van der Waals surface area contributed by atoms with Crippen molar-refractivity contribution in [2.24, 2.45) is 5.92 Å². The van der Waals surface area contributed by atoms with Crippen molar-refractivity contribution >= 4 is 34.3 Å². The third-order valence-electron chi connectivity index (χ3n) is 5.31. The second-order valence-electron chi connectivity index (χ2n) is 8.16. The number of benzene rings is 1. The zero-order valence-corrected chi connectivity index (χ0v) is 18.8. The van der Waals surface area contributed by atoms with Crippen molar-refractivity contribution < 1.29 is 8.83 Å². The van der Waals surface area contributed by atoms with Crippen molar-refractivity contribution in [3.05, 3.63) is 63.3 Å². The lowest BCUT2D eigenvalue weighted by molar-refractivity contribution is 0.552. The predicted molar refractivity (Wildman–Crippen MR) is 123 cm³/mol. The molecule has 1 aromatic carbocycles. The zero-order chi connectivity index (χ0) is 20.7. The molecule has 4 rings (SSSR count). The van der Waals surface area contributed by atoms with E-state index in [9.17, 15) is 4.79 Å². The fraction of sp³-hybridized carbons (Fsp3) is 0.333. The number of aryl methyl sites for hydroxylation is 3. The van der Waals surface area contributed by atoms with Gasteiger partial charge in [-0.05, 0) is 68.1 Å². The Morgan fingerprint density at radius 2 is 1.73 bits per heavy atom. The molecular formula is C24H27ClN2O3. The Bertz CT molecular complexity index is 1270. The van der Waals surface area contributed by atoms with Crippen LogP contribution in [0.3, 0.4) is 0 Å². The molecule has 0 aliphatic carbocycles. The molecule has 0 aliphatic heterocycles. The number of nitrogens with zero attached hydrogens (tertiary/aromatic N) is 1. The lowest BCUT2D eigenvalue weighted by atomic mass is 10.0. The van der Waals surface area contributed by atoms with Crippen LogP contribution in [0.2, 0.25) is 0 Å². The van der Waals surface area contributed by atoms with Crippen LogP contribution in [-0.4, -0.2) is 11.5 Å². The van der Waals surface area contributed by atoms with Gasteiger partial charge in [0, 0.05) is 35.1 Å². The standard InChI is InChI=1S/C24H26N2O3.ClH/c1-13(2)10-25-11-17-12-26-16(5)24-18(17)8-22(29-24)20-9-23(27)28-21-7-15(4)14(3)6-19(20)21;/h6-9,12-13,25H,10-11H2,1-5H3;1H. The molecule has 0 amide bonds. The molecule has 30 heavy (non-hydrogen) atoms. The van der Waals surface area contributed by atoms with Crippen molar-refractivity contribution in [1.82, 2.24) is 10.3 Å². The van der Waals surface area contributed by atoms with Crippen molar-refractivity contribution in [3.63, 3.8) is 0 Å². The summed E-state index contributed by atoms with van der Waals surface area (Å²) in [5, 5.41) is 5.36. The molecular weight excluding hydrogens is 400 g/mol. The highest BCUT2D eigenvalue weighted by Crippen LogP contribution is 2.35. The minimum atomic E-state index is -0.384. The molecule has 0 saturated heterocycles. The molecule has 0 unspecified atom stereocenters. The summed E-state index contributed by atoms with van der Waals surface area (Å²) >= 11 is 0. The van der Waals surface area contributed by atoms with Gasteiger partial charge in [-0.1, -0.05) is 13.8 Å². The van der Waals surface area contributed by atoms with Crippen molar-refractivity contribution in [1.29, 1.82) is 0 Å². The monoisotopic (exact) mass is 426 g/mol. The largest absolute Gasteiger partial charge is 0.454 e. The molecule has 0 radical (unpaired) electrons. The van der Waals surface area contributed by atoms with E-state index in [2.05, 4.69) is 31.1 Å². The van der Waals surface area contributed by atoms with Gasteiger partial charge in [-0.25, -0.2) is 4.79 Å². The van der Waals surface area contributed by atoms with Crippen LogP contribution < -0.4 is 10.9 Å². The van der Waals surface area contributed by atoms with Crippen LogP contribution in [0, 0.1) is 26.7 Å². The number of fused-ring (bicyclic) bond motifs is 2. The smallest absolute Gasteiger partial charge is 0.336 e. The summed E-state index contributed by atoms with van der Waals surface area (Å²) in [5.41, 5.74) is 5.83. The molecule has 1 N–H and O–H groups in total. The van der Waals surface area contributed by atoms with Gasteiger partial charge in [0.2, 0.25) is 0 Å². The fourth-order valence-corrected chi connectivity index (χ4v) is 3.59. The maximum Gasteiger partial charge on any atom is 0.336 e. The first-order valence-electron chi connectivity index (χ1n) is 9.97. The number of pyridine rings is 1. The maximum absolute atomic E-state index is 12.2. The van der Waals surface area contributed by atoms with Crippen LogP contribution in [0.4, 0.5) is 0 Å². The van der Waals surface area contributed by atoms with Crippen LogP contribution >= 0.6 is 12.4 Å². The second-order valence-corrected chi connectivity index (χ2v) is 8.16. The Labute approximate surface area is 181 Å². The molecule has 0 aliphatic rings. The van der Waals surface area contributed by atoms with Gasteiger partial charge < -0.3 is 14.2 Å². The summed E-state index contributed by atoms with van der Waals surface area (Å²) in [4.78, 5) is 16.7. The molecule has 3 heterocycles. The van der Waals surface area contributed by atoms with E-state index in [1.54, 1.807) is 0 Å². The zero-order valence-electron chi connectivity index (χ0n) is 18.0. The quantitative estimate of drug-likeness (QED) is 0.415. The lowest BCUT2D eigenvalue weighted by Gasteiger charge is -2.08. The van der Waals surface area contributed by atoms with Crippen LogP contribution in [0.25, 0.3) is 33.3 Å². The predicted octanol–water partition coefficient (Wildman–Crippen LogP) is 5.69. The summed E-state index contributed by atoms with van der Waals surface area (Å²) in [6.45, 7) is 12.0. The molecule has 5 nitrogen and oxygen atoms in total. The highest BCUT2D eigenvalue weighted by atomic mass is 35.5. The maximum atomic E-state index is 12.2. The van der Waals surface area contributed by atoms with Gasteiger partial charge in [-0.2, -0.15) is 0 Å². The molecule has 158 valence electrons. The Kier molecular flexibility index (Phi) is 6.34. The second kappa shape index (κ2) is 8.62. The molecule has 4 aromatic rings. The van der Waals surface area contributed by atoms with Gasteiger partial charge in [-0.3, -0.25) is 4.98 Å². The summed E-state index contributed by atoms with van der Waals surface area (Å²) in [7, 11) is 0. The molecule has 0 saturated carbocycles. The van der Waals surface area contributed by atoms with Crippen LogP contribution in [0.15, 0.2) is 44.1 Å². The Balaban J connectivity index is 0.00000256. The van der Waals surface area contributed by atoms with E-state index in [1.807, 2.05) is 38.2 Å². The SMILES string of the molecule is Cc1cc2oc(=O)cc(-c3cc4c(CNCC(C)C)cnc(C)c4o3)c2cc1C.Cl. The number of nitrogens with one attached hydrogen (secondary N) is 1. The van der Waals surface area contributed by atoms with E-state index in [-0.39, 0.29) is 18.0 Å². The molecule has 0 spiro atoms. The molecule has 0 bridgehead atoms. The third kappa shape index (κ3) is 4.13. The number of hydrogen-bond donors (Lipinski definition) is 1. The summed E-state index contributed by atoms with van der Waals surface area (Å²) in [6.07, 6.45) is 1.90. The lowest BCUT2D eigenvalue weighted by Crippen LogP contribution is -2.19. The van der Waals surface area contributed by atoms with Crippen LogP contribution in [0.1, 0.15) is 36.2 Å². The minimum Gasteiger partial charge on any atom is -0.454 e. The van der Waals surface area contributed by atoms with Crippen LogP contribution in [-0.2, 0) is 6.54 Å². The number of rotatable bonds is 5. The van der Waals surface area contributed by atoms with Gasteiger partial charge in [0.15, 0.2) is 5.58 Å². The number of hydrogen-bond acceptors (Lipinski definition) is 5. The van der Waals surface area contributed by atoms with E-state index >= 15 is 0 Å². The third-order valence-corrected chi connectivity index (χ3v) is 5.31. The van der Waals surface area contributed by atoms with E-state index in [0.29, 0.717) is 17.3 Å². The van der Waals surface area contributed by atoms with Crippen LogP contribution in [0.5, 0.6) is 0 Å². The Morgan fingerprint density at radius 3 is 2.47 bits per heavy atom. The summed E-state index contributed by atoms with van der Waals surface area (Å²) in [6, 6.07) is 7.48. The molecule has 0 fully saturated rings. The highest BCUT2D eigenvalue weighted by Gasteiger charge is 2.17.